The molecule has 2 aromatic carbocycles. The van der Waals surface area contributed by atoms with Gasteiger partial charge in [0.25, 0.3) is 0 Å². The van der Waals surface area contributed by atoms with Gasteiger partial charge in [-0.15, -0.1) is 0 Å². The number of carbonyl (C=O) groups excluding carboxylic acids is 1. The van der Waals surface area contributed by atoms with Gasteiger partial charge in [-0.1, -0.05) is 61.9 Å². The summed E-state index contributed by atoms with van der Waals surface area (Å²) in [5, 5.41) is 2.06. The number of ether oxygens (including phenoxy) is 1. The Hall–Kier alpha value is -2.75. The lowest BCUT2D eigenvalue weighted by molar-refractivity contribution is -0.138. The van der Waals surface area contributed by atoms with Crippen molar-refractivity contribution in [3.05, 3.63) is 77.5 Å². The van der Waals surface area contributed by atoms with Gasteiger partial charge in [-0.3, -0.25) is 5.01 Å². The second-order valence-corrected chi connectivity index (χ2v) is 6.09. The molecule has 0 bridgehead atoms. The summed E-state index contributed by atoms with van der Waals surface area (Å²) in [4.78, 5) is 12.3. The molecule has 138 valence electrons. The monoisotopic (exact) mass is 352 g/mol. The van der Waals surface area contributed by atoms with E-state index in [1.54, 1.807) is 0 Å². The number of allylic oxidation sites excluding steroid dienone is 1. The van der Waals surface area contributed by atoms with Crippen LogP contribution in [-0.4, -0.2) is 12.6 Å². The fourth-order valence-electron chi connectivity index (χ4n) is 2.75. The largest absolute Gasteiger partial charge is 0.463 e. The summed E-state index contributed by atoms with van der Waals surface area (Å²) >= 11 is 0. The first-order valence-corrected chi connectivity index (χ1v) is 9.15. The van der Waals surface area contributed by atoms with Crippen LogP contribution in [0.4, 0.5) is 5.69 Å². The Morgan fingerprint density at radius 2 is 1.62 bits per heavy atom. The minimum absolute atomic E-state index is 0.243. The van der Waals surface area contributed by atoms with Crippen LogP contribution in [0.5, 0.6) is 0 Å². The van der Waals surface area contributed by atoms with Crippen molar-refractivity contribution >= 4 is 11.7 Å². The number of hydrazine groups is 1. The average molecular weight is 352 g/mol. The normalized spacial score (nSPS) is 11.5. The van der Waals surface area contributed by atoms with Crippen LogP contribution in [0.2, 0.25) is 0 Å². The summed E-state index contributed by atoms with van der Waals surface area (Å²) in [6, 6.07) is 20.4. The maximum Gasteiger partial charge on any atom is 0.335 e. The van der Waals surface area contributed by atoms with Crippen LogP contribution < -0.4 is 10.4 Å². The van der Waals surface area contributed by atoms with Crippen LogP contribution >= 0.6 is 0 Å². The number of carbonyl (C=O) groups is 1. The lowest BCUT2D eigenvalue weighted by Gasteiger charge is -2.28. The van der Waals surface area contributed by atoms with Crippen molar-refractivity contribution in [2.75, 3.05) is 11.6 Å². The molecule has 2 rings (SSSR count). The second-order valence-electron chi connectivity index (χ2n) is 6.09. The number of anilines is 1. The minimum Gasteiger partial charge on any atom is -0.463 e. The van der Waals surface area contributed by atoms with E-state index in [1.165, 1.54) is 5.56 Å². The third kappa shape index (κ3) is 5.66. The van der Waals surface area contributed by atoms with Crippen LogP contribution in [-0.2, 0) is 16.1 Å². The maximum atomic E-state index is 12.3. The van der Waals surface area contributed by atoms with Gasteiger partial charge < -0.3 is 10.2 Å². The lowest BCUT2D eigenvalue weighted by atomic mass is 10.1. The fourth-order valence-corrected chi connectivity index (χ4v) is 2.75. The number of para-hydroxylation sites is 1. The Bertz CT molecular complexity index is 711. The molecule has 2 aromatic rings. The van der Waals surface area contributed by atoms with Crippen molar-refractivity contribution in [2.24, 2.45) is 0 Å². The molecule has 0 aromatic heterocycles. The Labute approximate surface area is 156 Å². The summed E-state index contributed by atoms with van der Waals surface area (Å²) in [5.41, 5.74) is 7.16. The van der Waals surface area contributed by atoms with Crippen LogP contribution in [0, 0.1) is 0 Å². The molecule has 0 saturated heterocycles. The first-order chi connectivity index (χ1) is 12.7. The zero-order valence-electron chi connectivity index (χ0n) is 15.9. The summed E-state index contributed by atoms with van der Waals surface area (Å²) in [7, 11) is 0. The predicted molar refractivity (Wildman–Crippen MR) is 106 cm³/mol. The molecule has 1 N–H and O–H groups in total. The van der Waals surface area contributed by atoms with E-state index in [0.29, 0.717) is 25.1 Å². The predicted octanol–water partition coefficient (Wildman–Crippen LogP) is 4.84. The number of hydrogen-bond donors (Lipinski definition) is 1. The third-order valence-corrected chi connectivity index (χ3v) is 4.03. The van der Waals surface area contributed by atoms with Gasteiger partial charge in [-0.25, -0.2) is 4.79 Å². The van der Waals surface area contributed by atoms with Crippen molar-refractivity contribution in [1.82, 2.24) is 5.43 Å². The van der Waals surface area contributed by atoms with Gasteiger partial charge in [-0.2, -0.15) is 0 Å². The highest BCUT2D eigenvalue weighted by atomic mass is 16.5. The fraction of sp³-hybridized carbons (Fsp3) is 0.318. The van der Waals surface area contributed by atoms with E-state index in [2.05, 4.69) is 29.5 Å². The molecule has 0 atom stereocenters. The van der Waals surface area contributed by atoms with Crippen molar-refractivity contribution in [2.45, 2.75) is 40.2 Å². The van der Waals surface area contributed by atoms with E-state index in [0.717, 1.165) is 17.8 Å². The van der Waals surface area contributed by atoms with Crippen LogP contribution in [0.15, 0.2) is 71.9 Å². The van der Waals surface area contributed by atoms with Crippen molar-refractivity contribution in [3.63, 3.8) is 0 Å². The molecule has 0 aliphatic carbocycles. The van der Waals surface area contributed by atoms with Crippen molar-refractivity contribution in [1.29, 1.82) is 0 Å². The van der Waals surface area contributed by atoms with Crippen molar-refractivity contribution < 1.29 is 9.53 Å². The zero-order chi connectivity index (χ0) is 18.8. The van der Waals surface area contributed by atoms with E-state index in [9.17, 15) is 4.79 Å². The van der Waals surface area contributed by atoms with Crippen LogP contribution in [0.25, 0.3) is 0 Å². The van der Waals surface area contributed by atoms with Gasteiger partial charge in [-0.05, 0) is 38.0 Å². The topological polar surface area (TPSA) is 41.6 Å². The molecule has 4 nitrogen and oxygen atoms in total. The Morgan fingerprint density at radius 1 is 1.00 bits per heavy atom. The van der Waals surface area contributed by atoms with Gasteiger partial charge in [0.15, 0.2) is 0 Å². The number of nitrogens with one attached hydrogen (secondary N) is 1. The number of hydrogen-bond acceptors (Lipinski definition) is 4. The lowest BCUT2D eigenvalue weighted by Crippen LogP contribution is -2.37. The zero-order valence-corrected chi connectivity index (χ0v) is 15.9. The number of benzene rings is 2. The molecule has 0 aliphatic heterocycles. The van der Waals surface area contributed by atoms with Gasteiger partial charge in [0.1, 0.15) is 0 Å². The van der Waals surface area contributed by atoms with E-state index in [1.807, 2.05) is 62.4 Å². The smallest absolute Gasteiger partial charge is 0.335 e. The molecule has 0 saturated carbocycles. The molecule has 0 heterocycles. The quantitative estimate of drug-likeness (QED) is 0.398. The average Bonchev–Trinajstić information content (AvgIpc) is 2.67. The molecule has 0 radical (unpaired) electrons. The molecule has 0 unspecified atom stereocenters. The van der Waals surface area contributed by atoms with Gasteiger partial charge in [0.2, 0.25) is 0 Å². The summed E-state index contributed by atoms with van der Waals surface area (Å²) in [5.74, 6) is -0.243. The Morgan fingerprint density at radius 3 is 2.19 bits per heavy atom. The second kappa shape index (κ2) is 10.3. The summed E-state index contributed by atoms with van der Waals surface area (Å²) < 4.78 is 5.23. The van der Waals surface area contributed by atoms with E-state index < -0.39 is 0 Å². The highest BCUT2D eigenvalue weighted by Crippen LogP contribution is 2.18. The van der Waals surface area contributed by atoms with Gasteiger partial charge in [0.05, 0.1) is 24.4 Å². The SMILES string of the molecule is CCC/C(C(=O)OCC)=C(\C)NN(Cc1ccccc1)c1ccccc1. The van der Waals surface area contributed by atoms with E-state index in [-0.39, 0.29) is 5.97 Å². The molecule has 26 heavy (non-hydrogen) atoms. The van der Waals surface area contributed by atoms with E-state index in [4.69, 9.17) is 4.74 Å². The first kappa shape index (κ1) is 19.6. The van der Waals surface area contributed by atoms with E-state index >= 15 is 0 Å². The number of nitrogens with zero attached hydrogens (tertiary/aromatic N) is 1. The molecular formula is C22H28N2O2. The first-order valence-electron chi connectivity index (χ1n) is 9.15. The van der Waals surface area contributed by atoms with Gasteiger partial charge in [0, 0.05) is 5.70 Å². The molecule has 0 spiro atoms. The highest BCUT2D eigenvalue weighted by Gasteiger charge is 2.16. The Balaban J connectivity index is 2.29. The summed E-state index contributed by atoms with van der Waals surface area (Å²) in [6.07, 6.45) is 1.57. The van der Waals surface area contributed by atoms with Crippen LogP contribution in [0.3, 0.4) is 0 Å². The molecule has 0 fully saturated rings. The maximum absolute atomic E-state index is 12.3. The van der Waals surface area contributed by atoms with Gasteiger partial charge >= 0.3 is 5.97 Å². The highest BCUT2D eigenvalue weighted by molar-refractivity contribution is 5.89. The summed E-state index contributed by atoms with van der Waals surface area (Å²) in [6.45, 7) is 6.89. The number of rotatable bonds is 9. The Kier molecular flexibility index (Phi) is 7.75. The molecule has 4 heteroatoms. The van der Waals surface area contributed by atoms with Crippen molar-refractivity contribution in [3.8, 4) is 0 Å². The molecule has 0 amide bonds. The third-order valence-electron chi connectivity index (χ3n) is 4.03. The number of esters is 1. The molecular weight excluding hydrogens is 324 g/mol. The van der Waals surface area contributed by atoms with Crippen LogP contribution in [0.1, 0.15) is 39.2 Å². The standard InChI is InChI=1S/C22H28N2O2/c1-4-12-21(22(25)26-5-2)18(3)23-24(20-15-10-7-11-16-20)17-19-13-8-6-9-14-19/h6-11,13-16,23H,4-5,12,17H2,1-3H3/b21-18-. The molecule has 0 aliphatic rings. The minimum atomic E-state index is -0.243.